The van der Waals surface area contributed by atoms with Crippen molar-refractivity contribution in [1.82, 2.24) is 10.3 Å². The molecule has 84 valence electrons. The summed E-state index contributed by atoms with van der Waals surface area (Å²) in [6, 6.07) is 4.61. The Balaban J connectivity index is 2.27. The van der Waals surface area contributed by atoms with Crippen LogP contribution in [-0.4, -0.2) is 23.3 Å². The van der Waals surface area contributed by atoms with E-state index >= 15 is 0 Å². The summed E-state index contributed by atoms with van der Waals surface area (Å²) >= 11 is 5.17. The summed E-state index contributed by atoms with van der Waals surface area (Å²) in [6.45, 7) is 5.49. The van der Waals surface area contributed by atoms with Crippen molar-refractivity contribution in [3.63, 3.8) is 0 Å². The number of halogens is 1. The quantitative estimate of drug-likeness (QED) is 0.813. The molecule has 1 heterocycles. The highest BCUT2D eigenvalue weighted by Gasteiger charge is 2.02. The van der Waals surface area contributed by atoms with E-state index in [1.807, 2.05) is 18.3 Å². The van der Waals surface area contributed by atoms with Gasteiger partial charge < -0.3 is 5.32 Å². The Kier molecular flexibility index (Phi) is 6.29. The van der Waals surface area contributed by atoms with Crippen LogP contribution in [0.5, 0.6) is 0 Å². The van der Waals surface area contributed by atoms with Crippen LogP contribution in [-0.2, 0) is 0 Å². The van der Waals surface area contributed by atoms with E-state index in [4.69, 9.17) is 0 Å². The van der Waals surface area contributed by atoms with Crippen molar-refractivity contribution >= 4 is 27.7 Å². The van der Waals surface area contributed by atoms with Gasteiger partial charge in [0.1, 0.15) is 0 Å². The SMILES string of the molecule is CCCNC(C)CSc1ccc(Br)cn1. The monoisotopic (exact) mass is 288 g/mol. The zero-order chi connectivity index (χ0) is 11.1. The Morgan fingerprint density at radius 2 is 2.33 bits per heavy atom. The summed E-state index contributed by atoms with van der Waals surface area (Å²) in [5.41, 5.74) is 0. The molecule has 0 saturated heterocycles. The fourth-order valence-electron chi connectivity index (χ4n) is 1.11. The molecule has 1 atom stereocenters. The summed E-state index contributed by atoms with van der Waals surface area (Å²) < 4.78 is 1.03. The lowest BCUT2D eigenvalue weighted by Gasteiger charge is -2.11. The van der Waals surface area contributed by atoms with Crippen LogP contribution in [0.2, 0.25) is 0 Å². The van der Waals surface area contributed by atoms with Gasteiger partial charge in [0.15, 0.2) is 0 Å². The van der Waals surface area contributed by atoms with Crippen molar-refractivity contribution in [3.8, 4) is 0 Å². The molecule has 4 heteroatoms. The summed E-state index contributed by atoms with van der Waals surface area (Å²) in [6.07, 6.45) is 3.03. The first-order valence-corrected chi connectivity index (χ1v) is 6.98. The standard InChI is InChI=1S/C11H17BrN2S/c1-3-6-13-9(2)8-15-11-5-4-10(12)7-14-11/h4-5,7,9,13H,3,6,8H2,1-2H3. The van der Waals surface area contributed by atoms with Gasteiger partial charge in [-0.05, 0) is 48.0 Å². The van der Waals surface area contributed by atoms with Crippen LogP contribution in [0.1, 0.15) is 20.3 Å². The summed E-state index contributed by atoms with van der Waals surface area (Å²) in [4.78, 5) is 4.32. The Labute approximate surface area is 104 Å². The molecule has 0 aliphatic carbocycles. The third-order valence-corrected chi connectivity index (χ3v) is 3.60. The first kappa shape index (κ1) is 13.0. The van der Waals surface area contributed by atoms with Gasteiger partial charge in [-0.1, -0.05) is 6.92 Å². The first-order valence-electron chi connectivity index (χ1n) is 5.20. The lowest BCUT2D eigenvalue weighted by Crippen LogP contribution is -2.28. The molecule has 1 rings (SSSR count). The molecule has 0 aromatic carbocycles. The van der Waals surface area contributed by atoms with Crippen molar-refractivity contribution in [2.45, 2.75) is 31.3 Å². The summed E-state index contributed by atoms with van der Waals surface area (Å²) in [5, 5.41) is 4.54. The molecule has 0 fully saturated rings. The molecule has 0 amide bonds. The molecule has 1 aromatic rings. The number of thioether (sulfide) groups is 1. The minimum absolute atomic E-state index is 0.542. The normalized spacial score (nSPS) is 12.7. The number of hydrogen-bond acceptors (Lipinski definition) is 3. The van der Waals surface area contributed by atoms with E-state index < -0.39 is 0 Å². The van der Waals surface area contributed by atoms with Gasteiger partial charge >= 0.3 is 0 Å². The lowest BCUT2D eigenvalue weighted by atomic mass is 10.3. The minimum atomic E-state index is 0.542. The van der Waals surface area contributed by atoms with Gasteiger partial charge in [0.25, 0.3) is 0 Å². The van der Waals surface area contributed by atoms with Crippen LogP contribution < -0.4 is 5.32 Å². The number of nitrogens with one attached hydrogen (secondary N) is 1. The average Bonchev–Trinajstić information content (AvgIpc) is 2.25. The maximum absolute atomic E-state index is 4.32. The van der Waals surface area contributed by atoms with Gasteiger partial charge in [0, 0.05) is 22.5 Å². The predicted molar refractivity (Wildman–Crippen MR) is 70.4 cm³/mol. The zero-order valence-corrected chi connectivity index (χ0v) is 11.6. The van der Waals surface area contributed by atoms with Crippen LogP contribution in [0.25, 0.3) is 0 Å². The van der Waals surface area contributed by atoms with Crippen LogP contribution in [0, 0.1) is 0 Å². The van der Waals surface area contributed by atoms with Crippen LogP contribution >= 0.6 is 27.7 Å². The molecule has 2 nitrogen and oxygen atoms in total. The third-order valence-electron chi connectivity index (χ3n) is 1.92. The Bertz CT molecular complexity index is 276. The van der Waals surface area contributed by atoms with E-state index in [9.17, 15) is 0 Å². The van der Waals surface area contributed by atoms with Gasteiger partial charge in [-0.3, -0.25) is 0 Å². The van der Waals surface area contributed by atoms with Gasteiger partial charge in [-0.2, -0.15) is 0 Å². The zero-order valence-electron chi connectivity index (χ0n) is 9.16. The van der Waals surface area contributed by atoms with Crippen molar-refractivity contribution in [1.29, 1.82) is 0 Å². The van der Waals surface area contributed by atoms with Gasteiger partial charge in [-0.25, -0.2) is 4.98 Å². The Morgan fingerprint density at radius 1 is 1.53 bits per heavy atom. The molecule has 1 N–H and O–H groups in total. The highest BCUT2D eigenvalue weighted by Crippen LogP contribution is 2.18. The number of pyridine rings is 1. The maximum atomic E-state index is 4.32. The molecular weight excluding hydrogens is 272 g/mol. The molecule has 0 aliphatic rings. The van der Waals surface area contributed by atoms with E-state index in [2.05, 4.69) is 40.1 Å². The second kappa shape index (κ2) is 7.25. The predicted octanol–water partition coefficient (Wildman–Crippen LogP) is 3.32. The second-order valence-corrected chi connectivity index (χ2v) is 5.44. The number of aromatic nitrogens is 1. The van der Waals surface area contributed by atoms with Gasteiger partial charge in [0.05, 0.1) is 5.03 Å². The summed E-state index contributed by atoms with van der Waals surface area (Å²) in [7, 11) is 0. The van der Waals surface area contributed by atoms with Crippen molar-refractivity contribution < 1.29 is 0 Å². The second-order valence-electron chi connectivity index (χ2n) is 3.48. The molecule has 0 bridgehead atoms. The fourth-order valence-corrected chi connectivity index (χ4v) is 2.17. The van der Waals surface area contributed by atoms with Crippen molar-refractivity contribution in [2.75, 3.05) is 12.3 Å². The smallest absolute Gasteiger partial charge is 0.0961 e. The summed E-state index contributed by atoms with van der Waals surface area (Å²) in [5.74, 6) is 1.06. The van der Waals surface area contributed by atoms with Crippen LogP contribution in [0.15, 0.2) is 27.8 Å². The van der Waals surface area contributed by atoms with E-state index in [1.54, 1.807) is 11.8 Å². The van der Waals surface area contributed by atoms with Crippen LogP contribution in [0.4, 0.5) is 0 Å². The van der Waals surface area contributed by atoms with Crippen molar-refractivity contribution in [3.05, 3.63) is 22.8 Å². The average molecular weight is 289 g/mol. The van der Waals surface area contributed by atoms with E-state index in [0.29, 0.717) is 6.04 Å². The highest BCUT2D eigenvalue weighted by atomic mass is 79.9. The Hall–Kier alpha value is -0.0600. The molecule has 15 heavy (non-hydrogen) atoms. The molecule has 0 spiro atoms. The molecule has 1 unspecified atom stereocenters. The number of rotatable bonds is 6. The van der Waals surface area contributed by atoms with E-state index in [1.165, 1.54) is 6.42 Å². The molecule has 1 aromatic heterocycles. The molecule has 0 saturated carbocycles. The topological polar surface area (TPSA) is 24.9 Å². The highest BCUT2D eigenvalue weighted by molar-refractivity contribution is 9.10. The first-order chi connectivity index (χ1) is 7.22. The largest absolute Gasteiger partial charge is 0.313 e. The molecular formula is C11H17BrN2S. The van der Waals surface area contributed by atoms with Gasteiger partial charge in [-0.15, -0.1) is 11.8 Å². The molecule has 0 aliphatic heterocycles. The maximum Gasteiger partial charge on any atom is 0.0961 e. The van der Waals surface area contributed by atoms with E-state index in [0.717, 1.165) is 21.8 Å². The number of nitrogens with zero attached hydrogens (tertiary/aromatic N) is 1. The number of hydrogen-bond donors (Lipinski definition) is 1. The Morgan fingerprint density at radius 3 is 2.93 bits per heavy atom. The molecule has 0 radical (unpaired) electrons. The lowest BCUT2D eigenvalue weighted by molar-refractivity contribution is 0.590. The minimum Gasteiger partial charge on any atom is -0.313 e. The third kappa shape index (κ3) is 5.54. The van der Waals surface area contributed by atoms with Crippen molar-refractivity contribution in [2.24, 2.45) is 0 Å². The van der Waals surface area contributed by atoms with E-state index in [-0.39, 0.29) is 0 Å². The fraction of sp³-hybridized carbons (Fsp3) is 0.545. The van der Waals surface area contributed by atoms with Gasteiger partial charge in [0.2, 0.25) is 0 Å². The van der Waals surface area contributed by atoms with Crippen LogP contribution in [0.3, 0.4) is 0 Å².